The van der Waals surface area contributed by atoms with Gasteiger partial charge in [0, 0.05) is 20.0 Å². The van der Waals surface area contributed by atoms with Gasteiger partial charge < -0.3 is 9.64 Å². The number of methoxy groups -OCH3 is 1. The Morgan fingerprint density at radius 2 is 2.08 bits per heavy atom. The highest BCUT2D eigenvalue weighted by atomic mass is 16.5. The number of hydrogen-bond donors (Lipinski definition) is 0. The molecule has 25 heavy (non-hydrogen) atoms. The number of hydrogen-bond acceptors (Lipinski definition) is 5. The van der Waals surface area contributed by atoms with Gasteiger partial charge in [0.15, 0.2) is 5.82 Å². The van der Waals surface area contributed by atoms with E-state index in [1.165, 1.54) is 0 Å². The Labute approximate surface area is 148 Å². The molecule has 2 aromatic rings. The minimum absolute atomic E-state index is 0.0229. The van der Waals surface area contributed by atoms with Crippen LogP contribution in [0.15, 0.2) is 24.3 Å². The van der Waals surface area contributed by atoms with Gasteiger partial charge in [0.25, 0.3) is 0 Å². The molecule has 1 fully saturated rings. The average molecular weight is 343 g/mol. The number of amides is 1. The van der Waals surface area contributed by atoms with Gasteiger partial charge in [-0.3, -0.25) is 4.79 Å². The van der Waals surface area contributed by atoms with Crippen LogP contribution in [0.1, 0.15) is 45.4 Å². The van der Waals surface area contributed by atoms with E-state index < -0.39 is 5.54 Å². The first-order valence-corrected chi connectivity index (χ1v) is 8.65. The summed E-state index contributed by atoms with van der Waals surface area (Å²) in [4.78, 5) is 14.0. The quantitative estimate of drug-likeness (QED) is 0.853. The minimum Gasteiger partial charge on any atom is -0.497 e. The summed E-state index contributed by atoms with van der Waals surface area (Å²) in [5.41, 5.74) is 0.347. The first-order chi connectivity index (χ1) is 12.0. The molecule has 1 aromatic heterocycles. The minimum atomic E-state index is -0.481. The second kappa shape index (κ2) is 6.82. The average Bonchev–Trinajstić information content (AvgIpc) is 3.12. The van der Waals surface area contributed by atoms with Crippen molar-refractivity contribution in [1.82, 2.24) is 25.1 Å². The van der Waals surface area contributed by atoms with Crippen molar-refractivity contribution >= 4 is 5.91 Å². The van der Waals surface area contributed by atoms with Gasteiger partial charge in [0.2, 0.25) is 5.91 Å². The van der Waals surface area contributed by atoms with E-state index in [2.05, 4.69) is 22.4 Å². The fourth-order valence-electron chi connectivity index (χ4n) is 3.64. The molecule has 1 heterocycles. The number of nitrogens with zero attached hydrogens (tertiary/aromatic N) is 5. The van der Waals surface area contributed by atoms with Crippen LogP contribution in [-0.4, -0.2) is 45.2 Å². The second-order valence-electron chi connectivity index (χ2n) is 6.91. The third-order valence-electron chi connectivity index (χ3n) is 5.40. The van der Waals surface area contributed by atoms with Crippen molar-refractivity contribution in [3.8, 4) is 11.4 Å². The van der Waals surface area contributed by atoms with Crippen LogP contribution in [0.5, 0.6) is 5.75 Å². The van der Waals surface area contributed by atoms with Gasteiger partial charge in [-0.2, -0.15) is 4.68 Å². The lowest BCUT2D eigenvalue weighted by Gasteiger charge is -2.44. The van der Waals surface area contributed by atoms with Crippen molar-refractivity contribution in [2.45, 2.75) is 45.1 Å². The molecule has 1 saturated carbocycles. The molecule has 0 bridgehead atoms. The lowest BCUT2D eigenvalue weighted by molar-refractivity contribution is -0.136. The number of tetrazole rings is 1. The Morgan fingerprint density at radius 3 is 2.72 bits per heavy atom. The molecule has 0 N–H and O–H groups in total. The molecule has 1 amide bonds. The molecule has 7 heteroatoms. The Morgan fingerprint density at radius 1 is 1.36 bits per heavy atom. The molecule has 1 aliphatic carbocycles. The van der Waals surface area contributed by atoms with Crippen molar-refractivity contribution in [3.05, 3.63) is 30.1 Å². The Hall–Kier alpha value is -2.44. The third kappa shape index (κ3) is 3.10. The molecule has 3 rings (SSSR count). The van der Waals surface area contributed by atoms with E-state index >= 15 is 0 Å². The molecule has 134 valence electrons. The molecule has 0 aliphatic heterocycles. The zero-order valence-electron chi connectivity index (χ0n) is 15.3. The van der Waals surface area contributed by atoms with Crippen LogP contribution in [0.3, 0.4) is 0 Å². The molecular formula is C18H25N5O2. The monoisotopic (exact) mass is 343 g/mol. The van der Waals surface area contributed by atoms with Crippen LogP contribution >= 0.6 is 0 Å². The van der Waals surface area contributed by atoms with Crippen molar-refractivity contribution < 1.29 is 9.53 Å². The van der Waals surface area contributed by atoms with E-state index in [0.29, 0.717) is 11.7 Å². The van der Waals surface area contributed by atoms with Crippen LogP contribution in [0, 0.1) is 5.92 Å². The molecule has 7 nitrogen and oxygen atoms in total. The zero-order chi connectivity index (χ0) is 18.0. The van der Waals surface area contributed by atoms with Gasteiger partial charge in [-0.05, 0) is 54.2 Å². The normalized spacial score (nSPS) is 23.3. The summed E-state index contributed by atoms with van der Waals surface area (Å²) < 4.78 is 7.05. The van der Waals surface area contributed by atoms with Gasteiger partial charge in [-0.25, -0.2) is 0 Å². The largest absolute Gasteiger partial charge is 0.497 e. The summed E-state index contributed by atoms with van der Waals surface area (Å²) in [6.45, 7) is 3.85. The number of benzene rings is 1. The highest BCUT2D eigenvalue weighted by Gasteiger charge is 2.45. The highest BCUT2D eigenvalue weighted by Crippen LogP contribution is 2.43. The summed E-state index contributed by atoms with van der Waals surface area (Å²) in [5.74, 6) is 2.12. The topological polar surface area (TPSA) is 73.1 Å². The SMILES string of the molecule is COc1cccc(-n2nnnc2C2(N(C)C(C)=O)CCC(C)CC2)c1. The van der Waals surface area contributed by atoms with E-state index in [1.54, 1.807) is 23.6 Å². The maximum absolute atomic E-state index is 12.2. The summed E-state index contributed by atoms with van der Waals surface area (Å²) in [6.07, 6.45) is 3.80. The predicted octanol–water partition coefficient (Wildman–Crippen LogP) is 2.55. The van der Waals surface area contributed by atoms with Crippen molar-refractivity contribution in [1.29, 1.82) is 0 Å². The van der Waals surface area contributed by atoms with E-state index in [1.807, 2.05) is 31.3 Å². The van der Waals surface area contributed by atoms with Gasteiger partial charge in [-0.15, -0.1) is 5.10 Å². The van der Waals surface area contributed by atoms with E-state index in [9.17, 15) is 4.79 Å². The Bertz CT molecular complexity index is 749. The van der Waals surface area contributed by atoms with Crippen molar-refractivity contribution in [2.24, 2.45) is 5.92 Å². The number of carbonyl (C=O) groups excluding carboxylic acids is 1. The number of aromatic nitrogens is 4. The number of carbonyl (C=O) groups is 1. The van der Waals surface area contributed by atoms with Gasteiger partial charge >= 0.3 is 0 Å². The van der Waals surface area contributed by atoms with Crippen LogP contribution < -0.4 is 4.74 Å². The van der Waals surface area contributed by atoms with Gasteiger partial charge in [-0.1, -0.05) is 13.0 Å². The van der Waals surface area contributed by atoms with E-state index in [-0.39, 0.29) is 5.91 Å². The number of ether oxygens (including phenoxy) is 1. The first kappa shape index (κ1) is 17.4. The lowest BCUT2D eigenvalue weighted by Crippen LogP contribution is -2.50. The smallest absolute Gasteiger partial charge is 0.220 e. The molecule has 0 radical (unpaired) electrons. The fourth-order valence-corrected chi connectivity index (χ4v) is 3.64. The van der Waals surface area contributed by atoms with Crippen LogP contribution in [0.2, 0.25) is 0 Å². The van der Waals surface area contributed by atoms with E-state index in [4.69, 9.17) is 4.74 Å². The molecule has 0 atom stereocenters. The lowest BCUT2D eigenvalue weighted by atomic mass is 9.75. The molecular weight excluding hydrogens is 318 g/mol. The standard InChI is InChI=1S/C18H25N5O2/c1-13-8-10-18(11-9-13,22(3)14(2)24)17-19-20-21-23(17)15-6-5-7-16(12-15)25-4/h5-7,12-13H,8-11H2,1-4H3. The van der Waals surface area contributed by atoms with Gasteiger partial charge in [0.05, 0.1) is 12.8 Å². The summed E-state index contributed by atoms with van der Waals surface area (Å²) in [6, 6.07) is 7.62. The first-order valence-electron chi connectivity index (χ1n) is 8.65. The van der Waals surface area contributed by atoms with Crippen molar-refractivity contribution in [3.63, 3.8) is 0 Å². The Kier molecular flexibility index (Phi) is 4.74. The molecule has 1 aliphatic rings. The Balaban J connectivity index is 2.09. The second-order valence-corrected chi connectivity index (χ2v) is 6.91. The maximum atomic E-state index is 12.2. The van der Waals surface area contributed by atoms with Crippen LogP contribution in [0.25, 0.3) is 5.69 Å². The van der Waals surface area contributed by atoms with Gasteiger partial charge in [0.1, 0.15) is 11.3 Å². The third-order valence-corrected chi connectivity index (χ3v) is 5.40. The summed E-state index contributed by atoms with van der Waals surface area (Å²) in [7, 11) is 3.48. The van der Waals surface area contributed by atoms with E-state index in [0.717, 1.165) is 37.1 Å². The molecule has 0 spiro atoms. The summed E-state index contributed by atoms with van der Waals surface area (Å²) in [5, 5.41) is 12.5. The maximum Gasteiger partial charge on any atom is 0.220 e. The fraction of sp³-hybridized carbons (Fsp3) is 0.556. The predicted molar refractivity (Wildman–Crippen MR) is 93.5 cm³/mol. The zero-order valence-corrected chi connectivity index (χ0v) is 15.3. The highest BCUT2D eigenvalue weighted by molar-refractivity contribution is 5.74. The summed E-state index contributed by atoms with van der Waals surface area (Å²) >= 11 is 0. The molecule has 0 unspecified atom stereocenters. The van der Waals surface area contributed by atoms with Crippen molar-refractivity contribution in [2.75, 3.05) is 14.2 Å². The molecule has 0 saturated heterocycles. The number of rotatable bonds is 4. The molecule has 1 aromatic carbocycles. The van der Waals surface area contributed by atoms with Crippen LogP contribution in [-0.2, 0) is 10.3 Å². The van der Waals surface area contributed by atoms with Crippen LogP contribution in [0.4, 0.5) is 0 Å².